The second-order valence-corrected chi connectivity index (χ2v) is 9.23. The zero-order valence-electron chi connectivity index (χ0n) is 20.6. The van der Waals surface area contributed by atoms with Crippen LogP contribution in [0.15, 0.2) is 93.5 Å². The summed E-state index contributed by atoms with van der Waals surface area (Å²) in [5, 5.41) is 26.6. The number of nitro benzene ring substituents is 1. The van der Waals surface area contributed by atoms with Gasteiger partial charge in [0.15, 0.2) is 6.61 Å². The highest BCUT2D eigenvalue weighted by Crippen LogP contribution is 2.31. The van der Waals surface area contributed by atoms with Gasteiger partial charge in [-0.15, -0.1) is 11.3 Å². The van der Waals surface area contributed by atoms with Gasteiger partial charge in [-0.05, 0) is 36.4 Å². The van der Waals surface area contributed by atoms with Crippen molar-refractivity contribution in [2.45, 2.75) is 0 Å². The van der Waals surface area contributed by atoms with Crippen LogP contribution in [0.3, 0.4) is 0 Å². The number of non-ortho nitro benzene ring substituents is 1. The fraction of sp³-hybridized carbons (Fsp3) is 0.0345. The second kappa shape index (κ2) is 11.4. The van der Waals surface area contributed by atoms with E-state index in [4.69, 9.17) is 9.15 Å². The van der Waals surface area contributed by atoms with Gasteiger partial charge < -0.3 is 14.5 Å². The van der Waals surface area contributed by atoms with E-state index in [9.17, 15) is 25.0 Å². The minimum absolute atomic E-state index is 0.0838. The van der Waals surface area contributed by atoms with Crippen molar-refractivity contribution in [3.8, 4) is 23.1 Å². The molecular formula is C29H18N4O6S. The molecule has 0 unspecified atom stereocenters. The highest BCUT2D eigenvalue weighted by Gasteiger charge is 2.17. The Morgan fingerprint density at radius 2 is 1.90 bits per heavy atom. The summed E-state index contributed by atoms with van der Waals surface area (Å²) in [6.45, 7) is -0.366. The molecule has 3 aromatic carbocycles. The van der Waals surface area contributed by atoms with Gasteiger partial charge in [-0.1, -0.05) is 36.4 Å². The number of amides is 1. The van der Waals surface area contributed by atoms with Crippen LogP contribution >= 0.6 is 11.3 Å². The quantitative estimate of drug-likeness (QED) is 0.109. The number of carbonyl (C=O) groups excluding carboxylic acids is 1. The lowest BCUT2D eigenvalue weighted by Crippen LogP contribution is -2.20. The molecule has 2 aromatic heterocycles. The molecular weight excluding hydrogens is 532 g/mol. The largest absolute Gasteiger partial charge is 0.483 e. The van der Waals surface area contributed by atoms with Crippen molar-refractivity contribution in [2.75, 3.05) is 11.9 Å². The SMILES string of the molecule is N#C/C(=C\c1cc([N+](=O)[O-])ccc1OCC(=O)Nc1ccccc1)c1nc(-c2cc3ccccc3oc2=O)cs1. The van der Waals surface area contributed by atoms with Crippen LogP contribution in [0.1, 0.15) is 10.6 Å². The van der Waals surface area contributed by atoms with Gasteiger partial charge in [-0.2, -0.15) is 5.26 Å². The van der Waals surface area contributed by atoms with E-state index in [1.54, 1.807) is 53.9 Å². The first kappa shape index (κ1) is 26.0. The van der Waals surface area contributed by atoms with Crippen molar-refractivity contribution >= 4 is 51.2 Å². The van der Waals surface area contributed by atoms with Gasteiger partial charge in [0.2, 0.25) is 0 Å². The highest BCUT2D eigenvalue weighted by atomic mass is 32.1. The van der Waals surface area contributed by atoms with Crippen molar-refractivity contribution in [3.05, 3.63) is 115 Å². The number of para-hydroxylation sites is 2. The number of hydrogen-bond donors (Lipinski definition) is 1. The van der Waals surface area contributed by atoms with Crippen LogP contribution in [0.2, 0.25) is 0 Å². The summed E-state index contributed by atoms with van der Waals surface area (Å²) in [4.78, 5) is 40.2. The normalized spacial score (nSPS) is 11.1. The van der Waals surface area contributed by atoms with Gasteiger partial charge in [-0.3, -0.25) is 14.9 Å². The summed E-state index contributed by atoms with van der Waals surface area (Å²) < 4.78 is 11.0. The standard InChI is InChI=1S/C29H18N4O6S/c30-15-20(28-32-24(17-40-28)23-14-18-6-4-5-9-26(18)39-29(23)35)12-19-13-22(33(36)37)10-11-25(19)38-16-27(34)31-21-7-2-1-3-8-21/h1-14,17H,16H2,(H,31,34)/b20-12+. The van der Waals surface area contributed by atoms with Crippen LogP contribution < -0.4 is 15.7 Å². The maximum atomic E-state index is 12.6. The number of nitriles is 1. The molecule has 0 aliphatic rings. The summed E-state index contributed by atoms with van der Waals surface area (Å²) >= 11 is 1.13. The fourth-order valence-corrected chi connectivity index (χ4v) is 4.60. The van der Waals surface area contributed by atoms with Gasteiger partial charge in [0.1, 0.15) is 22.4 Å². The van der Waals surface area contributed by atoms with Gasteiger partial charge in [-0.25, -0.2) is 9.78 Å². The van der Waals surface area contributed by atoms with Crippen molar-refractivity contribution < 1.29 is 18.9 Å². The molecule has 11 heteroatoms. The number of rotatable bonds is 8. The predicted molar refractivity (Wildman–Crippen MR) is 151 cm³/mol. The molecule has 1 amide bonds. The fourth-order valence-electron chi connectivity index (χ4n) is 3.81. The first-order valence-corrected chi connectivity index (χ1v) is 12.7. The lowest BCUT2D eigenvalue weighted by atomic mass is 10.1. The van der Waals surface area contributed by atoms with E-state index in [0.29, 0.717) is 17.0 Å². The Balaban J connectivity index is 1.44. The van der Waals surface area contributed by atoms with E-state index < -0.39 is 16.5 Å². The molecule has 10 nitrogen and oxygen atoms in total. The van der Waals surface area contributed by atoms with E-state index in [2.05, 4.69) is 16.4 Å². The number of nitrogens with one attached hydrogen (secondary N) is 1. The van der Waals surface area contributed by atoms with Gasteiger partial charge in [0.05, 0.1) is 21.8 Å². The molecule has 0 aliphatic carbocycles. The number of aromatic nitrogens is 1. The average Bonchev–Trinajstić information content (AvgIpc) is 3.45. The van der Waals surface area contributed by atoms with Crippen molar-refractivity contribution in [2.24, 2.45) is 0 Å². The van der Waals surface area contributed by atoms with Crippen LogP contribution in [-0.4, -0.2) is 22.4 Å². The molecule has 0 atom stereocenters. The van der Waals surface area contributed by atoms with E-state index in [0.717, 1.165) is 16.7 Å². The molecule has 0 radical (unpaired) electrons. The van der Waals surface area contributed by atoms with Gasteiger partial charge >= 0.3 is 5.63 Å². The number of hydrogen-bond acceptors (Lipinski definition) is 9. The van der Waals surface area contributed by atoms with Crippen LogP contribution in [0, 0.1) is 21.4 Å². The molecule has 5 rings (SSSR count). The van der Waals surface area contributed by atoms with Crippen molar-refractivity contribution in [1.29, 1.82) is 5.26 Å². The lowest BCUT2D eigenvalue weighted by Gasteiger charge is -2.10. The minimum Gasteiger partial charge on any atom is -0.483 e. The third-order valence-electron chi connectivity index (χ3n) is 5.69. The molecule has 1 N–H and O–H groups in total. The Morgan fingerprint density at radius 1 is 1.12 bits per heavy atom. The topological polar surface area (TPSA) is 148 Å². The predicted octanol–water partition coefficient (Wildman–Crippen LogP) is 5.91. The Labute approximate surface area is 230 Å². The minimum atomic E-state index is -0.574. The first-order chi connectivity index (χ1) is 19.4. The Morgan fingerprint density at radius 3 is 2.67 bits per heavy atom. The number of ether oxygens (including phenoxy) is 1. The van der Waals surface area contributed by atoms with Gasteiger partial charge in [0, 0.05) is 34.1 Å². The van der Waals surface area contributed by atoms with Crippen LogP contribution in [0.5, 0.6) is 5.75 Å². The summed E-state index contributed by atoms with van der Waals surface area (Å²) in [5.41, 5.74) is 1.10. The average molecular weight is 551 g/mol. The molecule has 5 aromatic rings. The maximum Gasteiger partial charge on any atom is 0.345 e. The number of carbonyl (C=O) groups is 1. The number of nitrogens with zero attached hydrogens (tertiary/aromatic N) is 3. The zero-order chi connectivity index (χ0) is 28.1. The summed E-state index contributed by atoms with van der Waals surface area (Å²) in [6.07, 6.45) is 1.39. The van der Waals surface area contributed by atoms with Crippen LogP contribution in [-0.2, 0) is 4.79 Å². The monoisotopic (exact) mass is 550 g/mol. The number of fused-ring (bicyclic) bond motifs is 1. The number of thiazole rings is 1. The summed E-state index contributed by atoms with van der Waals surface area (Å²) in [5.74, 6) is -0.271. The molecule has 40 heavy (non-hydrogen) atoms. The second-order valence-electron chi connectivity index (χ2n) is 8.38. The van der Waals surface area contributed by atoms with E-state index in [1.807, 2.05) is 12.1 Å². The molecule has 196 valence electrons. The maximum absolute atomic E-state index is 12.6. The molecule has 0 spiro atoms. The van der Waals surface area contributed by atoms with Crippen molar-refractivity contribution in [3.63, 3.8) is 0 Å². The number of benzene rings is 3. The smallest absolute Gasteiger partial charge is 0.345 e. The Hall–Kier alpha value is -5.60. The molecule has 0 fully saturated rings. The molecule has 0 aliphatic heterocycles. The van der Waals surface area contributed by atoms with Crippen LogP contribution in [0.4, 0.5) is 11.4 Å². The van der Waals surface area contributed by atoms with Crippen molar-refractivity contribution in [1.82, 2.24) is 4.98 Å². The summed E-state index contributed by atoms with van der Waals surface area (Å²) in [6, 6.07) is 23.5. The third kappa shape index (κ3) is 5.77. The zero-order valence-corrected chi connectivity index (χ0v) is 21.4. The number of allylic oxidation sites excluding steroid dienone is 1. The van der Waals surface area contributed by atoms with Gasteiger partial charge in [0.25, 0.3) is 11.6 Å². The summed E-state index contributed by atoms with van der Waals surface area (Å²) in [7, 11) is 0. The lowest BCUT2D eigenvalue weighted by molar-refractivity contribution is -0.384. The Bertz CT molecular complexity index is 1870. The number of anilines is 1. The number of nitro groups is 1. The molecule has 2 heterocycles. The molecule has 0 bridgehead atoms. The van der Waals surface area contributed by atoms with E-state index in [-0.39, 0.29) is 39.8 Å². The Kier molecular flexibility index (Phi) is 7.43. The van der Waals surface area contributed by atoms with E-state index >= 15 is 0 Å². The molecule has 0 saturated carbocycles. The van der Waals surface area contributed by atoms with E-state index in [1.165, 1.54) is 24.3 Å². The first-order valence-electron chi connectivity index (χ1n) is 11.8. The third-order valence-corrected chi connectivity index (χ3v) is 6.57. The molecule has 0 saturated heterocycles. The highest BCUT2D eigenvalue weighted by molar-refractivity contribution is 7.11. The van der Waals surface area contributed by atoms with Crippen LogP contribution in [0.25, 0.3) is 33.9 Å².